The molecule has 1 saturated heterocycles. The van der Waals surface area contributed by atoms with Crippen LogP contribution in [0.5, 0.6) is 0 Å². The molecule has 0 radical (unpaired) electrons. The third-order valence-electron chi connectivity index (χ3n) is 5.31. The summed E-state index contributed by atoms with van der Waals surface area (Å²) >= 11 is 0. The maximum Gasteiger partial charge on any atom is 0.191 e. The van der Waals surface area contributed by atoms with Crippen molar-refractivity contribution < 1.29 is 0 Å². The van der Waals surface area contributed by atoms with E-state index < -0.39 is 0 Å². The second kappa shape index (κ2) is 11.2. The molecule has 158 valence electrons. The van der Waals surface area contributed by atoms with E-state index in [2.05, 4.69) is 82.2 Å². The molecule has 2 rings (SSSR count). The molecule has 1 fully saturated rings. The summed E-state index contributed by atoms with van der Waals surface area (Å²) in [5, 5.41) is 6.79. The van der Waals surface area contributed by atoms with E-state index in [4.69, 9.17) is 0 Å². The topological polar surface area (TPSA) is 59.0 Å². The van der Waals surface area contributed by atoms with Crippen LogP contribution in [0.3, 0.4) is 0 Å². The Kier molecular flexibility index (Phi) is 8.99. The first-order valence-corrected chi connectivity index (χ1v) is 10.5. The smallest absolute Gasteiger partial charge is 0.191 e. The second-order valence-corrected chi connectivity index (χ2v) is 8.09. The monoisotopic (exact) mass is 389 g/mol. The Labute approximate surface area is 171 Å². The van der Waals surface area contributed by atoms with E-state index in [1.54, 1.807) is 0 Å². The molecular formula is C21H39N7. The van der Waals surface area contributed by atoms with Crippen molar-refractivity contribution in [1.82, 2.24) is 25.4 Å². The van der Waals surface area contributed by atoms with Crippen LogP contribution in [-0.4, -0.2) is 86.2 Å². The maximum atomic E-state index is 4.66. The van der Waals surface area contributed by atoms with Crippen molar-refractivity contribution in [3.05, 3.63) is 23.9 Å². The van der Waals surface area contributed by atoms with Crippen molar-refractivity contribution in [1.29, 1.82) is 0 Å². The number of nitrogens with one attached hydrogen (secondary N) is 2. The molecule has 1 aromatic heterocycles. The van der Waals surface area contributed by atoms with Crippen LogP contribution in [0.2, 0.25) is 0 Å². The van der Waals surface area contributed by atoms with Gasteiger partial charge >= 0.3 is 0 Å². The summed E-state index contributed by atoms with van der Waals surface area (Å²) in [6, 6.07) is 5.37. The van der Waals surface area contributed by atoms with E-state index in [1.807, 2.05) is 13.2 Å². The number of piperazine rings is 1. The van der Waals surface area contributed by atoms with Crippen LogP contribution >= 0.6 is 0 Å². The molecule has 2 N–H and O–H groups in total. The zero-order chi connectivity index (χ0) is 20.5. The van der Waals surface area contributed by atoms with E-state index in [1.165, 1.54) is 0 Å². The molecule has 7 nitrogen and oxygen atoms in total. The number of guanidine groups is 1. The molecule has 0 amide bonds. The summed E-state index contributed by atoms with van der Waals surface area (Å²) in [5.74, 6) is 1.90. The predicted octanol–water partition coefficient (Wildman–Crippen LogP) is 1.62. The third kappa shape index (κ3) is 6.95. The minimum Gasteiger partial charge on any atom is -0.355 e. The molecule has 1 aliphatic rings. The SMILES string of the molecule is CN=C(NCCN(C(C)C)C(C)C)NCc1ccc(N2CCN(C)CC2)nc1. The van der Waals surface area contributed by atoms with Gasteiger partial charge in [-0.25, -0.2) is 4.98 Å². The van der Waals surface area contributed by atoms with Crippen LogP contribution in [0.15, 0.2) is 23.3 Å². The summed E-state index contributed by atoms with van der Waals surface area (Å²) in [5.41, 5.74) is 1.16. The standard InChI is InChI=1S/C21H39N7/c1-17(2)28(18(3)4)10-9-23-21(22-5)25-16-19-7-8-20(24-15-19)27-13-11-26(6)12-14-27/h7-8,15,17-18H,9-14,16H2,1-6H3,(H2,22,23,25). The Morgan fingerprint density at radius 2 is 1.79 bits per heavy atom. The molecule has 0 saturated carbocycles. The van der Waals surface area contributed by atoms with Crippen LogP contribution in [0.25, 0.3) is 0 Å². The van der Waals surface area contributed by atoms with Gasteiger partial charge in [0.1, 0.15) is 5.82 Å². The molecule has 0 aromatic carbocycles. The Morgan fingerprint density at radius 3 is 2.32 bits per heavy atom. The predicted molar refractivity (Wildman–Crippen MR) is 119 cm³/mol. The van der Waals surface area contributed by atoms with Gasteiger partial charge in [0.05, 0.1) is 0 Å². The maximum absolute atomic E-state index is 4.66. The van der Waals surface area contributed by atoms with Crippen LogP contribution in [0.4, 0.5) is 5.82 Å². The number of rotatable bonds is 8. The van der Waals surface area contributed by atoms with Crippen LogP contribution in [-0.2, 0) is 6.54 Å². The molecule has 1 aliphatic heterocycles. The summed E-state index contributed by atoms with van der Waals surface area (Å²) in [6.45, 7) is 15.8. The fourth-order valence-corrected chi connectivity index (χ4v) is 3.57. The quantitative estimate of drug-likeness (QED) is 0.520. The average molecular weight is 390 g/mol. The molecule has 2 heterocycles. The number of likely N-dealkylation sites (N-methyl/N-ethyl adjacent to an activating group) is 1. The molecule has 28 heavy (non-hydrogen) atoms. The van der Waals surface area contributed by atoms with E-state index in [0.717, 1.165) is 56.6 Å². The minimum atomic E-state index is 0.543. The first-order valence-electron chi connectivity index (χ1n) is 10.5. The summed E-state index contributed by atoms with van der Waals surface area (Å²) in [7, 11) is 3.98. The summed E-state index contributed by atoms with van der Waals surface area (Å²) < 4.78 is 0. The number of nitrogens with zero attached hydrogens (tertiary/aromatic N) is 5. The largest absolute Gasteiger partial charge is 0.355 e. The fourth-order valence-electron chi connectivity index (χ4n) is 3.57. The van der Waals surface area contributed by atoms with Gasteiger partial charge in [0.25, 0.3) is 0 Å². The van der Waals surface area contributed by atoms with Gasteiger partial charge in [-0.15, -0.1) is 0 Å². The number of pyridine rings is 1. The third-order valence-corrected chi connectivity index (χ3v) is 5.31. The zero-order valence-electron chi connectivity index (χ0n) is 18.6. The fraction of sp³-hybridized carbons (Fsp3) is 0.714. The molecular weight excluding hydrogens is 350 g/mol. The van der Waals surface area contributed by atoms with Crippen molar-refractivity contribution in [2.24, 2.45) is 4.99 Å². The minimum absolute atomic E-state index is 0.543. The highest BCUT2D eigenvalue weighted by Crippen LogP contribution is 2.13. The Hall–Kier alpha value is -1.86. The number of anilines is 1. The molecule has 0 unspecified atom stereocenters. The van der Waals surface area contributed by atoms with Gasteiger partial charge in [0.2, 0.25) is 0 Å². The first kappa shape index (κ1) is 22.4. The zero-order valence-corrected chi connectivity index (χ0v) is 18.6. The highest BCUT2D eigenvalue weighted by molar-refractivity contribution is 5.79. The molecule has 1 aromatic rings. The number of hydrogen-bond acceptors (Lipinski definition) is 5. The van der Waals surface area contributed by atoms with Crippen molar-refractivity contribution in [2.75, 3.05) is 58.3 Å². The van der Waals surface area contributed by atoms with Gasteiger partial charge in [0.15, 0.2) is 5.96 Å². The van der Waals surface area contributed by atoms with E-state index in [0.29, 0.717) is 18.6 Å². The van der Waals surface area contributed by atoms with Gasteiger partial charge < -0.3 is 20.4 Å². The number of aromatic nitrogens is 1. The molecule has 0 atom stereocenters. The highest BCUT2D eigenvalue weighted by Gasteiger charge is 2.15. The van der Waals surface area contributed by atoms with E-state index >= 15 is 0 Å². The molecule has 0 spiro atoms. The van der Waals surface area contributed by atoms with Gasteiger partial charge in [-0.1, -0.05) is 6.07 Å². The van der Waals surface area contributed by atoms with Crippen molar-refractivity contribution in [2.45, 2.75) is 46.3 Å². The van der Waals surface area contributed by atoms with E-state index in [9.17, 15) is 0 Å². The lowest BCUT2D eigenvalue weighted by Gasteiger charge is -2.33. The molecule has 0 bridgehead atoms. The van der Waals surface area contributed by atoms with Crippen LogP contribution < -0.4 is 15.5 Å². The number of aliphatic imine (C=N–C) groups is 1. The first-order chi connectivity index (χ1) is 13.4. The lowest BCUT2D eigenvalue weighted by molar-refractivity contribution is 0.178. The van der Waals surface area contributed by atoms with Gasteiger partial charge in [-0.3, -0.25) is 9.89 Å². The highest BCUT2D eigenvalue weighted by atomic mass is 15.3. The normalized spacial score (nSPS) is 16.3. The van der Waals surface area contributed by atoms with E-state index in [-0.39, 0.29) is 0 Å². The van der Waals surface area contributed by atoms with Crippen LogP contribution in [0.1, 0.15) is 33.3 Å². The van der Waals surface area contributed by atoms with Gasteiger partial charge in [0, 0.05) is 71.1 Å². The van der Waals surface area contributed by atoms with Crippen molar-refractivity contribution >= 4 is 11.8 Å². The second-order valence-electron chi connectivity index (χ2n) is 8.09. The lowest BCUT2D eigenvalue weighted by atomic mass is 10.2. The Morgan fingerprint density at radius 1 is 1.11 bits per heavy atom. The lowest BCUT2D eigenvalue weighted by Crippen LogP contribution is -2.45. The molecule has 0 aliphatic carbocycles. The van der Waals surface area contributed by atoms with Gasteiger partial charge in [-0.05, 0) is 46.4 Å². The average Bonchev–Trinajstić information content (AvgIpc) is 2.68. The Bertz CT molecular complexity index is 581. The summed E-state index contributed by atoms with van der Waals surface area (Å²) in [4.78, 5) is 16.2. The number of hydrogen-bond donors (Lipinski definition) is 2. The summed E-state index contributed by atoms with van der Waals surface area (Å²) in [6.07, 6.45) is 1.97. The Balaban J connectivity index is 1.77. The van der Waals surface area contributed by atoms with Crippen molar-refractivity contribution in [3.8, 4) is 0 Å². The van der Waals surface area contributed by atoms with Gasteiger partial charge in [-0.2, -0.15) is 0 Å². The van der Waals surface area contributed by atoms with Crippen LogP contribution in [0, 0.1) is 0 Å². The van der Waals surface area contributed by atoms with Crippen molar-refractivity contribution in [3.63, 3.8) is 0 Å². The molecule has 7 heteroatoms.